The summed E-state index contributed by atoms with van der Waals surface area (Å²) in [6.45, 7) is 0. The minimum Gasteiger partial charge on any atom is -0.307 e. The van der Waals surface area contributed by atoms with Crippen LogP contribution in [0.3, 0.4) is 0 Å². The molecule has 6 nitrogen and oxygen atoms in total. The van der Waals surface area contributed by atoms with Gasteiger partial charge in [-0.1, -0.05) is 18.2 Å². The Kier molecular flexibility index (Phi) is 2.60. The molecular weight excluding hydrogens is 246 g/mol. The van der Waals surface area contributed by atoms with Gasteiger partial charge in [0, 0.05) is 17.5 Å². The second kappa shape index (κ2) is 4.17. The molecule has 19 heavy (non-hydrogen) atoms. The standard InChI is InChI=1S/C13H13N3O3/c14-11-7-3-1-2-4-8(7)13(19)16(11)9-5-6-10(17)15-12(9)18/h1-4,9,11H,5-6,14H2,(H,15,17,18). The van der Waals surface area contributed by atoms with E-state index in [1.54, 1.807) is 24.3 Å². The summed E-state index contributed by atoms with van der Waals surface area (Å²) in [5.74, 6) is -1.01. The summed E-state index contributed by atoms with van der Waals surface area (Å²) in [7, 11) is 0. The fourth-order valence-electron chi connectivity index (χ4n) is 2.65. The third-order valence-electron chi connectivity index (χ3n) is 3.59. The van der Waals surface area contributed by atoms with Crippen LogP contribution in [0.2, 0.25) is 0 Å². The van der Waals surface area contributed by atoms with Gasteiger partial charge in [-0.3, -0.25) is 19.7 Å². The highest BCUT2D eigenvalue weighted by Gasteiger charge is 2.43. The molecule has 2 aliphatic heterocycles. The molecule has 0 aliphatic carbocycles. The van der Waals surface area contributed by atoms with E-state index >= 15 is 0 Å². The first-order chi connectivity index (χ1) is 9.09. The Balaban J connectivity index is 1.94. The minimum atomic E-state index is -0.674. The molecule has 2 unspecified atom stereocenters. The Hall–Kier alpha value is -2.21. The third-order valence-corrected chi connectivity index (χ3v) is 3.59. The van der Waals surface area contributed by atoms with Gasteiger partial charge in [0.05, 0.1) is 0 Å². The van der Waals surface area contributed by atoms with Gasteiger partial charge in [-0.25, -0.2) is 0 Å². The molecule has 0 saturated carbocycles. The molecule has 2 aliphatic rings. The monoisotopic (exact) mass is 259 g/mol. The number of nitrogens with one attached hydrogen (secondary N) is 1. The average Bonchev–Trinajstić information content (AvgIpc) is 2.64. The summed E-state index contributed by atoms with van der Waals surface area (Å²) in [5.41, 5.74) is 7.30. The van der Waals surface area contributed by atoms with Crippen molar-refractivity contribution in [2.75, 3.05) is 0 Å². The predicted molar refractivity (Wildman–Crippen MR) is 65.7 cm³/mol. The van der Waals surface area contributed by atoms with Crippen molar-refractivity contribution in [1.29, 1.82) is 0 Å². The van der Waals surface area contributed by atoms with E-state index < -0.39 is 18.1 Å². The Morgan fingerprint density at radius 1 is 1.21 bits per heavy atom. The lowest BCUT2D eigenvalue weighted by Gasteiger charge is -2.32. The average molecular weight is 259 g/mol. The van der Waals surface area contributed by atoms with Gasteiger partial charge in [-0.15, -0.1) is 0 Å². The number of amides is 3. The number of carbonyl (C=O) groups is 3. The van der Waals surface area contributed by atoms with Crippen LogP contribution in [0, 0.1) is 0 Å². The smallest absolute Gasteiger partial charge is 0.256 e. The van der Waals surface area contributed by atoms with E-state index in [0.29, 0.717) is 12.0 Å². The highest BCUT2D eigenvalue weighted by Crippen LogP contribution is 2.33. The number of rotatable bonds is 1. The molecule has 0 spiro atoms. The summed E-state index contributed by atoms with van der Waals surface area (Å²) in [6.07, 6.45) is -0.0888. The lowest BCUT2D eigenvalue weighted by molar-refractivity contribution is -0.137. The molecule has 1 aromatic rings. The van der Waals surface area contributed by atoms with Crippen molar-refractivity contribution in [1.82, 2.24) is 10.2 Å². The fraction of sp³-hybridized carbons (Fsp3) is 0.308. The fourth-order valence-corrected chi connectivity index (χ4v) is 2.65. The van der Waals surface area contributed by atoms with Crippen molar-refractivity contribution >= 4 is 17.7 Å². The molecule has 98 valence electrons. The molecular formula is C13H13N3O3. The topological polar surface area (TPSA) is 92.5 Å². The van der Waals surface area contributed by atoms with E-state index in [2.05, 4.69) is 5.32 Å². The molecule has 2 atom stereocenters. The van der Waals surface area contributed by atoms with Crippen LogP contribution in [0.4, 0.5) is 0 Å². The number of nitrogens with zero attached hydrogens (tertiary/aromatic N) is 1. The normalized spacial score (nSPS) is 26.4. The zero-order chi connectivity index (χ0) is 13.6. The second-order valence-corrected chi connectivity index (χ2v) is 4.71. The number of imide groups is 1. The number of carbonyl (C=O) groups excluding carboxylic acids is 3. The number of fused-ring (bicyclic) bond motifs is 1. The Bertz CT molecular complexity index is 584. The highest BCUT2D eigenvalue weighted by molar-refractivity contribution is 6.05. The molecule has 1 aromatic carbocycles. The van der Waals surface area contributed by atoms with E-state index in [-0.39, 0.29) is 18.2 Å². The van der Waals surface area contributed by atoms with Crippen molar-refractivity contribution in [3.8, 4) is 0 Å². The van der Waals surface area contributed by atoms with Crippen molar-refractivity contribution in [2.24, 2.45) is 5.73 Å². The van der Waals surface area contributed by atoms with Crippen LogP contribution in [-0.4, -0.2) is 28.7 Å². The van der Waals surface area contributed by atoms with Crippen molar-refractivity contribution in [2.45, 2.75) is 25.0 Å². The Labute approximate surface area is 109 Å². The van der Waals surface area contributed by atoms with Gasteiger partial charge in [0.15, 0.2) is 0 Å². The van der Waals surface area contributed by atoms with Gasteiger partial charge < -0.3 is 10.6 Å². The van der Waals surface area contributed by atoms with Gasteiger partial charge in [0.1, 0.15) is 12.2 Å². The number of benzene rings is 1. The lowest BCUT2D eigenvalue weighted by Crippen LogP contribution is -2.54. The van der Waals surface area contributed by atoms with Crippen molar-refractivity contribution in [3.05, 3.63) is 35.4 Å². The number of hydrogen-bond acceptors (Lipinski definition) is 4. The quantitative estimate of drug-likeness (QED) is 0.689. The molecule has 0 radical (unpaired) electrons. The van der Waals surface area contributed by atoms with Crippen LogP contribution in [-0.2, 0) is 9.59 Å². The molecule has 3 N–H and O–H groups in total. The van der Waals surface area contributed by atoms with Crippen LogP contribution in [0.5, 0.6) is 0 Å². The van der Waals surface area contributed by atoms with E-state index in [4.69, 9.17) is 5.73 Å². The van der Waals surface area contributed by atoms with Crippen molar-refractivity contribution < 1.29 is 14.4 Å². The summed E-state index contributed by atoms with van der Waals surface area (Å²) in [5, 5.41) is 2.25. The maximum Gasteiger partial charge on any atom is 0.256 e. The summed E-state index contributed by atoms with van der Waals surface area (Å²) < 4.78 is 0. The zero-order valence-corrected chi connectivity index (χ0v) is 10.1. The van der Waals surface area contributed by atoms with Gasteiger partial charge in [0.25, 0.3) is 5.91 Å². The first-order valence-corrected chi connectivity index (χ1v) is 6.10. The molecule has 0 bridgehead atoms. The summed E-state index contributed by atoms with van der Waals surface area (Å²) in [4.78, 5) is 36.7. The summed E-state index contributed by atoms with van der Waals surface area (Å²) in [6, 6.07) is 6.37. The first-order valence-electron chi connectivity index (χ1n) is 6.10. The molecule has 2 heterocycles. The maximum atomic E-state index is 12.3. The molecule has 3 rings (SSSR count). The second-order valence-electron chi connectivity index (χ2n) is 4.71. The van der Waals surface area contributed by atoms with Gasteiger partial charge in [-0.05, 0) is 12.5 Å². The predicted octanol–water partition coefficient (Wildman–Crippen LogP) is -0.0951. The Morgan fingerprint density at radius 3 is 2.63 bits per heavy atom. The molecule has 0 aromatic heterocycles. The van der Waals surface area contributed by atoms with E-state index in [1.807, 2.05) is 0 Å². The van der Waals surface area contributed by atoms with Crippen LogP contribution in [0.1, 0.15) is 34.9 Å². The highest BCUT2D eigenvalue weighted by atomic mass is 16.2. The van der Waals surface area contributed by atoms with E-state index in [9.17, 15) is 14.4 Å². The van der Waals surface area contributed by atoms with Gasteiger partial charge in [-0.2, -0.15) is 0 Å². The van der Waals surface area contributed by atoms with Crippen LogP contribution in [0.25, 0.3) is 0 Å². The SMILES string of the molecule is NC1c2ccccc2C(=O)N1C1CCC(=O)NC1=O. The van der Waals surface area contributed by atoms with Gasteiger partial charge in [0.2, 0.25) is 11.8 Å². The molecule has 1 fully saturated rings. The van der Waals surface area contributed by atoms with E-state index in [0.717, 1.165) is 5.56 Å². The first kappa shape index (κ1) is 11.9. The molecule has 6 heteroatoms. The Morgan fingerprint density at radius 2 is 1.95 bits per heavy atom. The number of nitrogens with two attached hydrogens (primary N) is 1. The zero-order valence-electron chi connectivity index (χ0n) is 10.1. The van der Waals surface area contributed by atoms with E-state index in [1.165, 1.54) is 4.90 Å². The minimum absolute atomic E-state index is 0.225. The molecule has 3 amide bonds. The van der Waals surface area contributed by atoms with Crippen LogP contribution in [0.15, 0.2) is 24.3 Å². The van der Waals surface area contributed by atoms with Gasteiger partial charge >= 0.3 is 0 Å². The van der Waals surface area contributed by atoms with Crippen molar-refractivity contribution in [3.63, 3.8) is 0 Å². The third kappa shape index (κ3) is 1.72. The van der Waals surface area contributed by atoms with Crippen LogP contribution < -0.4 is 11.1 Å². The summed E-state index contributed by atoms with van der Waals surface area (Å²) >= 11 is 0. The lowest BCUT2D eigenvalue weighted by atomic mass is 10.0. The maximum absolute atomic E-state index is 12.3. The van der Waals surface area contributed by atoms with Crippen LogP contribution >= 0.6 is 0 Å². The number of hydrogen-bond donors (Lipinski definition) is 2. The molecule has 1 saturated heterocycles. The largest absolute Gasteiger partial charge is 0.307 e. The number of piperidine rings is 1.